The molecule has 0 spiro atoms. The molecule has 0 aliphatic carbocycles. The van der Waals surface area contributed by atoms with Crippen LogP contribution in [0.1, 0.15) is 24.2 Å². The van der Waals surface area contributed by atoms with E-state index >= 15 is 0 Å². The average Bonchev–Trinajstić information content (AvgIpc) is 3.26. The lowest BCUT2D eigenvalue weighted by Gasteiger charge is -2.44. The fraction of sp³-hybridized carbons (Fsp3) is 0.286. The number of methoxy groups -OCH3 is 1. The summed E-state index contributed by atoms with van der Waals surface area (Å²) in [6.45, 7) is 5.53. The Morgan fingerprint density at radius 2 is 1.83 bits per heavy atom. The maximum absolute atomic E-state index is 13.5. The van der Waals surface area contributed by atoms with Gasteiger partial charge in [-0.25, -0.2) is 4.98 Å². The number of rotatable bonds is 6. The van der Waals surface area contributed by atoms with Gasteiger partial charge in [0.2, 0.25) is 0 Å². The van der Waals surface area contributed by atoms with Gasteiger partial charge in [0.25, 0.3) is 5.91 Å². The number of carbonyl (C=O) groups excluding carboxylic acids is 1. The first kappa shape index (κ1) is 22.9. The van der Waals surface area contributed by atoms with E-state index in [1.807, 2.05) is 87.7 Å². The van der Waals surface area contributed by atoms with Crippen LogP contribution in [0.2, 0.25) is 0 Å². The zero-order chi connectivity index (χ0) is 24.7. The molecular formula is C28H31N5O2. The number of nitrogens with one attached hydrogen (secondary N) is 2. The second-order valence-electron chi connectivity index (χ2n) is 9.73. The molecule has 2 N–H and O–H groups in total. The van der Waals surface area contributed by atoms with Crippen LogP contribution in [-0.4, -0.2) is 65.6 Å². The van der Waals surface area contributed by atoms with Gasteiger partial charge in [0.1, 0.15) is 17.1 Å². The number of benzene rings is 2. The van der Waals surface area contributed by atoms with Gasteiger partial charge in [-0.3, -0.25) is 4.79 Å². The lowest BCUT2D eigenvalue weighted by molar-refractivity contribution is 0.0558. The summed E-state index contributed by atoms with van der Waals surface area (Å²) < 4.78 is 5.58. The van der Waals surface area contributed by atoms with E-state index in [0.29, 0.717) is 12.1 Å². The summed E-state index contributed by atoms with van der Waals surface area (Å²) in [6, 6.07) is 16.1. The number of pyridine rings is 1. The van der Waals surface area contributed by atoms with Crippen LogP contribution in [0.5, 0.6) is 5.75 Å². The Morgan fingerprint density at radius 1 is 1.03 bits per heavy atom. The van der Waals surface area contributed by atoms with Crippen molar-refractivity contribution in [3.63, 3.8) is 0 Å². The first-order valence-corrected chi connectivity index (χ1v) is 11.8. The summed E-state index contributed by atoms with van der Waals surface area (Å²) in [4.78, 5) is 25.5. The number of ether oxygens (including phenoxy) is 1. The molecule has 1 aliphatic heterocycles. The topological polar surface area (TPSA) is 73.5 Å². The number of para-hydroxylation sites is 1. The summed E-state index contributed by atoms with van der Waals surface area (Å²) >= 11 is 0. The molecule has 4 aromatic rings. The quantitative estimate of drug-likeness (QED) is 0.412. The molecule has 180 valence electrons. The Morgan fingerprint density at radius 3 is 2.60 bits per heavy atom. The molecule has 0 radical (unpaired) electrons. The summed E-state index contributed by atoms with van der Waals surface area (Å²) in [5.41, 5.74) is 5.82. The van der Waals surface area contributed by atoms with Crippen molar-refractivity contribution in [2.75, 3.05) is 39.6 Å². The van der Waals surface area contributed by atoms with E-state index in [1.54, 1.807) is 7.11 Å². The first-order valence-electron chi connectivity index (χ1n) is 11.8. The molecule has 0 saturated heterocycles. The van der Waals surface area contributed by atoms with Crippen molar-refractivity contribution in [3.05, 3.63) is 66.5 Å². The van der Waals surface area contributed by atoms with Gasteiger partial charge in [-0.15, -0.1) is 0 Å². The molecule has 7 heteroatoms. The number of fused-ring (bicyclic) bond motifs is 2. The molecule has 0 bridgehead atoms. The average molecular weight is 470 g/mol. The van der Waals surface area contributed by atoms with Crippen molar-refractivity contribution in [2.45, 2.75) is 19.5 Å². The molecule has 0 unspecified atom stereocenters. The Labute approximate surface area is 205 Å². The molecule has 1 aliphatic rings. The second-order valence-corrected chi connectivity index (χ2v) is 9.73. The summed E-state index contributed by atoms with van der Waals surface area (Å²) in [6.07, 6.45) is 3.81. The Kier molecular flexibility index (Phi) is 5.73. The fourth-order valence-electron chi connectivity index (χ4n) is 4.74. The van der Waals surface area contributed by atoms with Crippen molar-refractivity contribution in [1.82, 2.24) is 19.8 Å². The first-order chi connectivity index (χ1) is 16.8. The van der Waals surface area contributed by atoms with Gasteiger partial charge in [0.05, 0.1) is 12.7 Å². The van der Waals surface area contributed by atoms with E-state index in [4.69, 9.17) is 4.74 Å². The minimum atomic E-state index is -0.461. The smallest absolute Gasteiger partial charge is 0.257 e. The number of amides is 1. The molecule has 2 aromatic heterocycles. The zero-order valence-electron chi connectivity index (χ0n) is 20.8. The van der Waals surface area contributed by atoms with Crippen LogP contribution in [0.4, 0.5) is 5.69 Å². The number of aromatic nitrogens is 2. The third-order valence-electron chi connectivity index (χ3n) is 6.64. The van der Waals surface area contributed by atoms with Crippen LogP contribution in [0.3, 0.4) is 0 Å². The molecule has 1 amide bonds. The van der Waals surface area contributed by atoms with Crippen LogP contribution in [0, 0.1) is 0 Å². The van der Waals surface area contributed by atoms with Crippen molar-refractivity contribution >= 4 is 22.6 Å². The standard InChI is InChI=1S/C28H31N5O2/c1-28(2)31-24-11-10-18(14-22(24)27(34)33(28)13-12-32(3)4)19-15-21-23(17-30-26(21)29-16-19)20-8-6-7-9-25(20)35-5/h6-11,14-17,31H,12-13H2,1-5H3,(H,29,30). The van der Waals surface area contributed by atoms with Gasteiger partial charge in [-0.05, 0) is 57.8 Å². The third-order valence-corrected chi connectivity index (χ3v) is 6.64. The number of hydrogen-bond acceptors (Lipinski definition) is 5. The summed E-state index contributed by atoms with van der Waals surface area (Å²) in [5, 5.41) is 4.54. The molecule has 35 heavy (non-hydrogen) atoms. The zero-order valence-corrected chi connectivity index (χ0v) is 20.8. The van der Waals surface area contributed by atoms with E-state index in [2.05, 4.69) is 26.3 Å². The SMILES string of the molecule is COc1ccccc1-c1c[nH]c2ncc(-c3ccc4c(c3)C(=O)N(CCN(C)C)C(C)(C)N4)cc12. The maximum Gasteiger partial charge on any atom is 0.257 e. The molecule has 0 saturated carbocycles. The molecular weight excluding hydrogens is 438 g/mol. The molecule has 0 atom stereocenters. The lowest BCUT2D eigenvalue weighted by Crippen LogP contribution is -2.57. The molecule has 7 nitrogen and oxygen atoms in total. The van der Waals surface area contributed by atoms with E-state index < -0.39 is 5.66 Å². The molecule has 2 aromatic carbocycles. The largest absolute Gasteiger partial charge is 0.496 e. The van der Waals surface area contributed by atoms with Gasteiger partial charge in [0, 0.05) is 53.2 Å². The maximum atomic E-state index is 13.5. The summed E-state index contributed by atoms with van der Waals surface area (Å²) in [7, 11) is 5.72. The number of hydrogen-bond donors (Lipinski definition) is 2. The number of aromatic amines is 1. The predicted molar refractivity (Wildman–Crippen MR) is 141 cm³/mol. The monoisotopic (exact) mass is 469 g/mol. The lowest BCUT2D eigenvalue weighted by atomic mass is 9.96. The van der Waals surface area contributed by atoms with Gasteiger partial charge in [-0.2, -0.15) is 0 Å². The molecule has 5 rings (SSSR count). The number of nitrogens with zero attached hydrogens (tertiary/aromatic N) is 3. The third kappa shape index (κ3) is 4.12. The highest BCUT2D eigenvalue weighted by Gasteiger charge is 2.37. The van der Waals surface area contributed by atoms with Crippen LogP contribution in [0.15, 0.2) is 60.9 Å². The van der Waals surface area contributed by atoms with Crippen molar-refractivity contribution in [2.24, 2.45) is 0 Å². The summed E-state index contributed by atoms with van der Waals surface area (Å²) in [5.74, 6) is 0.850. The number of carbonyl (C=O) groups is 1. The highest BCUT2D eigenvalue weighted by atomic mass is 16.5. The minimum absolute atomic E-state index is 0.0397. The van der Waals surface area contributed by atoms with E-state index in [0.717, 1.165) is 51.3 Å². The highest BCUT2D eigenvalue weighted by molar-refractivity contribution is 6.04. The number of H-pyrrole nitrogens is 1. The van der Waals surface area contributed by atoms with E-state index in [9.17, 15) is 4.79 Å². The normalized spacial score (nSPS) is 14.8. The minimum Gasteiger partial charge on any atom is -0.496 e. The fourth-order valence-corrected chi connectivity index (χ4v) is 4.74. The van der Waals surface area contributed by atoms with Crippen LogP contribution in [0.25, 0.3) is 33.3 Å². The van der Waals surface area contributed by atoms with Gasteiger partial charge in [-0.1, -0.05) is 24.3 Å². The van der Waals surface area contributed by atoms with Crippen LogP contribution >= 0.6 is 0 Å². The van der Waals surface area contributed by atoms with Gasteiger partial charge in [0.15, 0.2) is 0 Å². The van der Waals surface area contributed by atoms with Crippen molar-refractivity contribution in [1.29, 1.82) is 0 Å². The number of likely N-dealkylation sites (N-methyl/N-ethyl adjacent to an activating group) is 1. The van der Waals surface area contributed by atoms with Gasteiger partial charge >= 0.3 is 0 Å². The highest BCUT2D eigenvalue weighted by Crippen LogP contribution is 2.37. The number of anilines is 1. The van der Waals surface area contributed by atoms with Crippen LogP contribution < -0.4 is 10.1 Å². The van der Waals surface area contributed by atoms with Gasteiger partial charge < -0.3 is 24.8 Å². The van der Waals surface area contributed by atoms with E-state index in [-0.39, 0.29) is 5.91 Å². The molecule has 0 fully saturated rings. The molecule has 3 heterocycles. The van der Waals surface area contributed by atoms with Crippen molar-refractivity contribution in [3.8, 4) is 28.0 Å². The van der Waals surface area contributed by atoms with Crippen LogP contribution in [-0.2, 0) is 0 Å². The Hall–Kier alpha value is -3.84. The Bertz CT molecular complexity index is 1410. The van der Waals surface area contributed by atoms with E-state index in [1.165, 1.54) is 0 Å². The predicted octanol–water partition coefficient (Wildman–Crippen LogP) is 5.07. The van der Waals surface area contributed by atoms with Crippen molar-refractivity contribution < 1.29 is 9.53 Å². The Balaban J connectivity index is 1.55. The second kappa shape index (κ2) is 8.74.